The fraction of sp³-hybridized carbons (Fsp3) is 0.600. The summed E-state index contributed by atoms with van der Waals surface area (Å²) < 4.78 is 0. The van der Waals surface area contributed by atoms with Crippen molar-refractivity contribution in [2.75, 3.05) is 6.54 Å². The third kappa shape index (κ3) is 3.64. The van der Waals surface area contributed by atoms with E-state index in [-0.39, 0.29) is 0 Å². The summed E-state index contributed by atoms with van der Waals surface area (Å²) in [6.07, 6.45) is 11.3. The quantitative estimate of drug-likeness (QED) is 0.699. The third-order valence-electron chi connectivity index (χ3n) is 3.52. The van der Waals surface area contributed by atoms with Gasteiger partial charge in [0.25, 0.3) is 0 Å². The molecular weight excluding hydrogens is 194 g/mol. The van der Waals surface area contributed by atoms with Crippen LogP contribution in [-0.2, 0) is 0 Å². The zero-order chi connectivity index (χ0) is 12.0. The van der Waals surface area contributed by atoms with E-state index in [9.17, 15) is 0 Å². The van der Waals surface area contributed by atoms with E-state index in [0.29, 0.717) is 0 Å². The summed E-state index contributed by atoms with van der Waals surface area (Å²) >= 11 is 0. The molecule has 16 heavy (non-hydrogen) atoms. The summed E-state index contributed by atoms with van der Waals surface area (Å²) in [7, 11) is 0. The summed E-state index contributed by atoms with van der Waals surface area (Å²) in [6.45, 7) is 9.45. The number of nitrogens with two attached hydrogens (primary N) is 1. The van der Waals surface area contributed by atoms with E-state index < -0.39 is 0 Å². The molecule has 90 valence electrons. The van der Waals surface area contributed by atoms with Gasteiger partial charge in [-0.05, 0) is 55.2 Å². The molecule has 1 rings (SSSR count). The Labute approximate surface area is 100 Å². The van der Waals surface area contributed by atoms with Gasteiger partial charge in [-0.25, -0.2) is 0 Å². The van der Waals surface area contributed by atoms with Crippen LogP contribution < -0.4 is 5.73 Å². The fourth-order valence-corrected chi connectivity index (χ4v) is 2.37. The molecule has 1 heteroatoms. The van der Waals surface area contributed by atoms with Gasteiger partial charge in [0.15, 0.2) is 0 Å². The molecule has 0 fully saturated rings. The second-order valence-electron chi connectivity index (χ2n) is 4.82. The summed E-state index contributed by atoms with van der Waals surface area (Å²) in [6, 6.07) is 0. The highest BCUT2D eigenvalue weighted by molar-refractivity contribution is 5.38. The molecule has 0 aromatic heterocycles. The summed E-state index contributed by atoms with van der Waals surface area (Å²) in [5, 5.41) is 0. The monoisotopic (exact) mass is 219 g/mol. The molecule has 1 aliphatic carbocycles. The van der Waals surface area contributed by atoms with Crippen LogP contribution in [0, 0.1) is 11.8 Å². The molecule has 0 spiro atoms. The van der Waals surface area contributed by atoms with E-state index in [2.05, 4.69) is 38.7 Å². The zero-order valence-corrected chi connectivity index (χ0v) is 10.7. The molecule has 0 bridgehead atoms. The summed E-state index contributed by atoms with van der Waals surface area (Å²) in [5.74, 6) is 1.52. The molecule has 0 aliphatic heterocycles. The molecule has 0 amide bonds. The van der Waals surface area contributed by atoms with E-state index in [4.69, 9.17) is 5.73 Å². The smallest absolute Gasteiger partial charge is 0.00744 e. The van der Waals surface area contributed by atoms with Crippen molar-refractivity contribution >= 4 is 0 Å². The van der Waals surface area contributed by atoms with Crippen molar-refractivity contribution in [3.05, 3.63) is 36.0 Å². The first-order valence-corrected chi connectivity index (χ1v) is 6.44. The number of hydrogen-bond acceptors (Lipinski definition) is 1. The van der Waals surface area contributed by atoms with Crippen LogP contribution in [0.25, 0.3) is 0 Å². The van der Waals surface area contributed by atoms with Crippen LogP contribution >= 0.6 is 0 Å². The lowest BCUT2D eigenvalue weighted by atomic mass is 9.77. The van der Waals surface area contributed by atoms with Gasteiger partial charge in [-0.2, -0.15) is 0 Å². The molecule has 0 aromatic carbocycles. The van der Waals surface area contributed by atoms with Gasteiger partial charge in [-0.15, -0.1) is 0 Å². The SMILES string of the molecule is C=C(/C=C\CC)C1=CCC(CCN)C(C)C1. The first kappa shape index (κ1) is 13.2. The molecule has 1 nitrogen and oxygen atoms in total. The van der Waals surface area contributed by atoms with Crippen molar-refractivity contribution in [2.45, 2.75) is 39.5 Å². The molecule has 0 saturated carbocycles. The molecule has 0 saturated heterocycles. The molecular formula is C15H25N. The standard InChI is InChI=1S/C15H25N/c1-4-5-6-12(2)15-8-7-14(9-10-16)13(3)11-15/h5-6,8,13-14H,2,4,7,9-11,16H2,1,3H3/b6-5-. The number of hydrogen-bond donors (Lipinski definition) is 1. The number of rotatable bonds is 5. The molecule has 0 aromatic rings. The van der Waals surface area contributed by atoms with E-state index in [0.717, 1.165) is 37.6 Å². The Balaban J connectivity index is 2.59. The van der Waals surface area contributed by atoms with Gasteiger partial charge in [0.1, 0.15) is 0 Å². The third-order valence-corrected chi connectivity index (χ3v) is 3.52. The van der Waals surface area contributed by atoms with Crippen molar-refractivity contribution < 1.29 is 0 Å². The average molecular weight is 219 g/mol. The molecule has 0 radical (unpaired) electrons. The van der Waals surface area contributed by atoms with Crippen LogP contribution in [0.5, 0.6) is 0 Å². The lowest BCUT2D eigenvalue weighted by molar-refractivity contribution is 0.326. The molecule has 2 atom stereocenters. The molecule has 1 aliphatic rings. The Morgan fingerprint density at radius 2 is 2.38 bits per heavy atom. The first-order chi connectivity index (χ1) is 7.69. The van der Waals surface area contributed by atoms with Crippen LogP contribution in [0.1, 0.15) is 39.5 Å². The van der Waals surface area contributed by atoms with Crippen molar-refractivity contribution in [2.24, 2.45) is 17.6 Å². The Hall–Kier alpha value is -0.820. The van der Waals surface area contributed by atoms with Gasteiger partial charge in [0.05, 0.1) is 0 Å². The topological polar surface area (TPSA) is 26.0 Å². The van der Waals surface area contributed by atoms with Crippen molar-refractivity contribution in [1.82, 2.24) is 0 Å². The molecule has 2 unspecified atom stereocenters. The van der Waals surface area contributed by atoms with Crippen molar-refractivity contribution in [3.8, 4) is 0 Å². The molecule has 0 heterocycles. The van der Waals surface area contributed by atoms with E-state index in [1.807, 2.05) is 0 Å². The van der Waals surface area contributed by atoms with Gasteiger partial charge in [0.2, 0.25) is 0 Å². The maximum atomic E-state index is 5.63. The van der Waals surface area contributed by atoms with Crippen LogP contribution in [-0.4, -0.2) is 6.54 Å². The van der Waals surface area contributed by atoms with Gasteiger partial charge in [0, 0.05) is 0 Å². The Morgan fingerprint density at radius 1 is 1.62 bits per heavy atom. The predicted molar refractivity (Wildman–Crippen MR) is 72.2 cm³/mol. The minimum absolute atomic E-state index is 0.746. The Morgan fingerprint density at radius 3 is 2.94 bits per heavy atom. The van der Waals surface area contributed by atoms with Crippen molar-refractivity contribution in [1.29, 1.82) is 0 Å². The largest absolute Gasteiger partial charge is 0.330 e. The molecule has 2 N–H and O–H groups in total. The maximum absolute atomic E-state index is 5.63. The Bertz CT molecular complexity index is 286. The maximum Gasteiger partial charge on any atom is -0.00744 e. The normalized spacial score (nSPS) is 25.8. The summed E-state index contributed by atoms with van der Waals surface area (Å²) in [5.41, 5.74) is 8.26. The van der Waals surface area contributed by atoms with Crippen LogP contribution in [0.2, 0.25) is 0 Å². The van der Waals surface area contributed by atoms with Crippen molar-refractivity contribution in [3.63, 3.8) is 0 Å². The van der Waals surface area contributed by atoms with E-state index in [1.54, 1.807) is 0 Å². The minimum Gasteiger partial charge on any atom is -0.330 e. The van der Waals surface area contributed by atoms with Gasteiger partial charge in [-0.3, -0.25) is 0 Å². The van der Waals surface area contributed by atoms with Gasteiger partial charge >= 0.3 is 0 Å². The predicted octanol–water partition coefficient (Wildman–Crippen LogP) is 3.83. The average Bonchev–Trinajstić information content (AvgIpc) is 2.29. The highest BCUT2D eigenvalue weighted by Gasteiger charge is 2.21. The highest BCUT2D eigenvalue weighted by atomic mass is 14.5. The lowest BCUT2D eigenvalue weighted by Gasteiger charge is -2.28. The highest BCUT2D eigenvalue weighted by Crippen LogP contribution is 2.34. The van der Waals surface area contributed by atoms with Gasteiger partial charge < -0.3 is 5.73 Å². The van der Waals surface area contributed by atoms with Crippen LogP contribution in [0.4, 0.5) is 0 Å². The van der Waals surface area contributed by atoms with Crippen LogP contribution in [0.3, 0.4) is 0 Å². The van der Waals surface area contributed by atoms with Gasteiger partial charge in [-0.1, -0.05) is 38.7 Å². The second kappa shape index (κ2) is 6.70. The number of allylic oxidation sites excluding steroid dienone is 5. The Kier molecular flexibility index (Phi) is 5.54. The fourth-order valence-electron chi connectivity index (χ4n) is 2.37. The minimum atomic E-state index is 0.746. The second-order valence-corrected chi connectivity index (χ2v) is 4.82. The van der Waals surface area contributed by atoms with E-state index in [1.165, 1.54) is 17.6 Å². The summed E-state index contributed by atoms with van der Waals surface area (Å²) in [4.78, 5) is 0. The first-order valence-electron chi connectivity index (χ1n) is 6.44. The zero-order valence-electron chi connectivity index (χ0n) is 10.7. The lowest BCUT2D eigenvalue weighted by Crippen LogP contribution is -2.19. The van der Waals surface area contributed by atoms with Crippen LogP contribution in [0.15, 0.2) is 36.0 Å². The van der Waals surface area contributed by atoms with E-state index >= 15 is 0 Å².